The van der Waals surface area contributed by atoms with Gasteiger partial charge in [-0.2, -0.15) is 0 Å². The summed E-state index contributed by atoms with van der Waals surface area (Å²) in [7, 11) is 0. The minimum Gasteiger partial charge on any atom is -0.311 e. The van der Waals surface area contributed by atoms with Crippen LogP contribution in [-0.2, 0) is 0 Å². The number of anilines is 6. The van der Waals surface area contributed by atoms with E-state index in [1.165, 1.54) is 136 Å². The van der Waals surface area contributed by atoms with Gasteiger partial charge >= 0.3 is 0 Å². The topological polar surface area (TPSA) is 6.48 Å². The molecular weight excluding hydrogens is 768 g/mol. The van der Waals surface area contributed by atoms with Crippen LogP contribution in [0, 0.1) is 13.8 Å². The van der Waals surface area contributed by atoms with E-state index in [2.05, 4.69) is 212 Å². The van der Waals surface area contributed by atoms with Crippen molar-refractivity contribution in [1.29, 1.82) is 0 Å². The smallest absolute Gasteiger partial charge is 0.264 e. The molecule has 0 saturated heterocycles. The van der Waals surface area contributed by atoms with Crippen LogP contribution in [0.3, 0.4) is 0 Å². The van der Waals surface area contributed by atoms with E-state index in [9.17, 15) is 0 Å². The van der Waals surface area contributed by atoms with Crippen LogP contribution < -0.4 is 25.5 Å². The van der Waals surface area contributed by atoms with E-state index in [0.717, 1.165) is 0 Å². The Labute approximate surface area is 363 Å². The molecule has 2 aliphatic rings. The molecule has 1 aromatic heterocycles. The number of aryl methyl sites for hydroxylation is 2. The van der Waals surface area contributed by atoms with Gasteiger partial charge in [0.1, 0.15) is 0 Å². The lowest BCUT2D eigenvalue weighted by molar-refractivity contribution is 1.27. The van der Waals surface area contributed by atoms with E-state index in [1.54, 1.807) is 0 Å². The highest BCUT2D eigenvalue weighted by Crippen LogP contribution is 2.51. The molecule has 0 aliphatic carbocycles. The lowest BCUT2D eigenvalue weighted by Gasteiger charge is -2.43. The molecule has 0 bridgehead atoms. The first-order valence-corrected chi connectivity index (χ1v) is 22.4. The van der Waals surface area contributed by atoms with Crippen molar-refractivity contribution in [2.45, 2.75) is 13.8 Å². The molecule has 12 aromatic rings. The number of hydrogen-bond donors (Lipinski definition) is 0. The van der Waals surface area contributed by atoms with Gasteiger partial charge in [-0.25, -0.2) is 0 Å². The van der Waals surface area contributed by atoms with Gasteiger partial charge in [0.15, 0.2) is 0 Å². The number of benzene rings is 11. The van der Waals surface area contributed by atoms with Crippen LogP contribution in [0.25, 0.3) is 74.7 Å². The first-order valence-electron chi connectivity index (χ1n) is 21.6. The van der Waals surface area contributed by atoms with E-state index in [4.69, 9.17) is 0 Å². The molecule has 0 saturated carbocycles. The summed E-state index contributed by atoms with van der Waals surface area (Å²) in [4.78, 5) is 5.20. The molecule has 14 rings (SSSR count). The molecule has 0 unspecified atom stereocenters. The van der Waals surface area contributed by atoms with E-state index in [1.807, 2.05) is 11.3 Å². The van der Waals surface area contributed by atoms with Gasteiger partial charge in [-0.05, 0) is 133 Å². The third-order valence-electron chi connectivity index (χ3n) is 13.9. The van der Waals surface area contributed by atoms with Crippen molar-refractivity contribution >= 4 is 143 Å². The zero-order valence-corrected chi connectivity index (χ0v) is 35.1. The molecule has 0 atom stereocenters. The van der Waals surface area contributed by atoms with E-state index in [0.29, 0.717) is 0 Å². The van der Waals surface area contributed by atoms with Gasteiger partial charge in [-0.1, -0.05) is 151 Å². The normalized spacial score (nSPS) is 13.2. The Hall–Kier alpha value is -7.40. The number of fused-ring (bicyclic) bond motifs is 18. The summed E-state index contributed by atoms with van der Waals surface area (Å²) in [5.74, 6) is 0. The Kier molecular flexibility index (Phi) is 6.96. The Bertz CT molecular complexity index is 3860. The SMILES string of the molecule is Cc1ccc2c(c1)B1c3sc4ccc(C)cc4c3N(c3cccc4c5ccccc5c5ccccc5c34)c3cccc(c31)N2c1ccc2c3ccccc3c3ccccc3c2c1. The van der Waals surface area contributed by atoms with Crippen LogP contribution in [0.2, 0.25) is 0 Å². The third kappa shape index (κ3) is 4.54. The highest BCUT2D eigenvalue weighted by Gasteiger charge is 2.45. The van der Waals surface area contributed by atoms with Crippen molar-refractivity contribution in [2.75, 3.05) is 9.80 Å². The molecule has 2 nitrogen and oxygen atoms in total. The van der Waals surface area contributed by atoms with Crippen molar-refractivity contribution in [2.24, 2.45) is 0 Å². The highest BCUT2D eigenvalue weighted by molar-refractivity contribution is 7.33. The van der Waals surface area contributed by atoms with Gasteiger partial charge in [0.05, 0.1) is 11.4 Å². The number of thiophene rings is 1. The molecule has 0 spiro atoms. The quantitative estimate of drug-likeness (QED) is 0.127. The van der Waals surface area contributed by atoms with Gasteiger partial charge in [-0.15, -0.1) is 11.3 Å². The van der Waals surface area contributed by atoms with Gasteiger partial charge in [0.2, 0.25) is 0 Å². The molecule has 62 heavy (non-hydrogen) atoms. The Morgan fingerprint density at radius 1 is 0.371 bits per heavy atom. The predicted octanol–water partition coefficient (Wildman–Crippen LogP) is 14.5. The van der Waals surface area contributed by atoms with Gasteiger partial charge in [0.25, 0.3) is 6.71 Å². The van der Waals surface area contributed by atoms with Crippen LogP contribution in [-0.4, -0.2) is 6.71 Å². The predicted molar refractivity (Wildman–Crippen MR) is 270 cm³/mol. The average Bonchev–Trinajstić information content (AvgIpc) is 3.69. The Morgan fingerprint density at radius 2 is 0.871 bits per heavy atom. The van der Waals surface area contributed by atoms with Gasteiger partial charge in [0, 0.05) is 43.0 Å². The second-order valence-electron chi connectivity index (χ2n) is 17.3. The van der Waals surface area contributed by atoms with Gasteiger partial charge < -0.3 is 9.80 Å². The molecule has 4 heteroatoms. The lowest BCUT2D eigenvalue weighted by Crippen LogP contribution is -2.60. The summed E-state index contributed by atoms with van der Waals surface area (Å²) in [6.45, 7) is 4.54. The zero-order valence-electron chi connectivity index (χ0n) is 34.3. The minimum atomic E-state index is 0.0640. The van der Waals surface area contributed by atoms with Crippen LogP contribution in [0.1, 0.15) is 11.1 Å². The van der Waals surface area contributed by atoms with Crippen LogP contribution in [0.15, 0.2) is 188 Å². The van der Waals surface area contributed by atoms with E-state index in [-0.39, 0.29) is 6.71 Å². The maximum Gasteiger partial charge on any atom is 0.264 e. The average molecular weight is 805 g/mol. The maximum absolute atomic E-state index is 2.64. The molecule has 11 aromatic carbocycles. The molecule has 288 valence electrons. The second kappa shape index (κ2) is 12.6. The standard InChI is InChI=1S/C58H37BN2S/c1-34-26-30-54-48(31-34)57-58(62-54)59-49-32-35(2)25-29-50(49)60(36-27-28-44-39-15-4-3-13-37(39)38-14-6-8-19-43(38)47(44)33-36)52-23-12-24-53(56(52)59)61(57)51-22-11-21-46-42-17-7-5-16-40(42)41-18-9-10-20-45(41)55(46)51/h3-33H,1-2H3. The number of rotatable bonds is 2. The number of nitrogens with zero attached hydrogens (tertiary/aromatic N) is 2. The second-order valence-corrected chi connectivity index (χ2v) is 18.4. The van der Waals surface area contributed by atoms with Crippen LogP contribution in [0.5, 0.6) is 0 Å². The van der Waals surface area contributed by atoms with Crippen molar-refractivity contribution in [3.05, 3.63) is 199 Å². The van der Waals surface area contributed by atoms with Crippen molar-refractivity contribution in [3.63, 3.8) is 0 Å². The van der Waals surface area contributed by atoms with Gasteiger partial charge in [-0.3, -0.25) is 0 Å². The fourth-order valence-corrected chi connectivity index (χ4v) is 12.6. The largest absolute Gasteiger partial charge is 0.311 e. The molecule has 0 amide bonds. The summed E-state index contributed by atoms with van der Waals surface area (Å²) >= 11 is 1.97. The Balaban J connectivity index is 1.10. The first-order chi connectivity index (χ1) is 30.6. The molecule has 0 radical (unpaired) electrons. The summed E-state index contributed by atoms with van der Waals surface area (Å²) in [6.07, 6.45) is 0. The maximum atomic E-state index is 2.64. The molecule has 0 fully saturated rings. The summed E-state index contributed by atoms with van der Waals surface area (Å²) in [5, 5.41) is 16.7. The fourth-order valence-electron chi connectivity index (χ4n) is 11.3. The Morgan fingerprint density at radius 3 is 1.53 bits per heavy atom. The minimum absolute atomic E-state index is 0.0640. The molecular formula is C58H37BN2S. The van der Waals surface area contributed by atoms with Crippen LogP contribution in [0.4, 0.5) is 34.1 Å². The summed E-state index contributed by atoms with van der Waals surface area (Å²) in [6, 6.07) is 71.0. The first kappa shape index (κ1) is 34.3. The summed E-state index contributed by atoms with van der Waals surface area (Å²) in [5.41, 5.74) is 12.6. The van der Waals surface area contributed by atoms with Crippen molar-refractivity contribution < 1.29 is 0 Å². The highest BCUT2D eigenvalue weighted by atomic mass is 32.1. The lowest BCUT2D eigenvalue weighted by atomic mass is 9.36. The zero-order chi connectivity index (χ0) is 40.8. The van der Waals surface area contributed by atoms with E-state index >= 15 is 0 Å². The monoisotopic (exact) mass is 804 g/mol. The molecule has 3 heterocycles. The van der Waals surface area contributed by atoms with E-state index < -0.39 is 0 Å². The third-order valence-corrected chi connectivity index (χ3v) is 15.1. The van der Waals surface area contributed by atoms with Crippen LogP contribution >= 0.6 is 11.3 Å². The van der Waals surface area contributed by atoms with Crippen molar-refractivity contribution in [1.82, 2.24) is 0 Å². The number of hydrogen-bond acceptors (Lipinski definition) is 3. The summed E-state index contributed by atoms with van der Waals surface area (Å²) < 4.78 is 2.72. The molecule has 0 N–H and O–H groups in total. The van der Waals surface area contributed by atoms with Crippen molar-refractivity contribution in [3.8, 4) is 0 Å². The molecule has 2 aliphatic heterocycles. The fraction of sp³-hybridized carbons (Fsp3) is 0.0345.